The molecule has 0 bridgehead atoms. The van der Waals surface area contributed by atoms with Crippen molar-refractivity contribution in [2.24, 2.45) is 11.7 Å². The molecule has 18 heavy (non-hydrogen) atoms. The second kappa shape index (κ2) is 5.58. The van der Waals surface area contributed by atoms with Crippen molar-refractivity contribution in [3.05, 3.63) is 28.7 Å². The Morgan fingerprint density at radius 1 is 1.44 bits per heavy atom. The Kier molecular flexibility index (Phi) is 4.08. The van der Waals surface area contributed by atoms with Gasteiger partial charge in [-0.3, -0.25) is 4.98 Å². The van der Waals surface area contributed by atoms with E-state index >= 15 is 0 Å². The van der Waals surface area contributed by atoms with Crippen LogP contribution in [-0.4, -0.2) is 15.1 Å². The summed E-state index contributed by atoms with van der Waals surface area (Å²) in [6.07, 6.45) is 2.66. The average Bonchev–Trinajstić information content (AvgIpc) is 2.87. The number of nitrogens with two attached hydrogens (primary N) is 1. The first-order valence-electron chi connectivity index (χ1n) is 5.83. The number of rotatable bonds is 4. The molecule has 0 amide bonds. The Labute approximate surface area is 114 Å². The molecule has 0 aliphatic carbocycles. The number of pyridine rings is 1. The summed E-state index contributed by atoms with van der Waals surface area (Å²) in [5.74, 6) is 1.23. The van der Waals surface area contributed by atoms with Crippen molar-refractivity contribution >= 4 is 15.9 Å². The fourth-order valence-corrected chi connectivity index (χ4v) is 1.71. The Balaban J connectivity index is 2.22. The quantitative estimate of drug-likeness (QED) is 0.939. The normalized spacial score (nSPS) is 14.4. The number of halogens is 1. The van der Waals surface area contributed by atoms with Crippen molar-refractivity contribution in [1.29, 1.82) is 0 Å². The lowest BCUT2D eigenvalue weighted by molar-refractivity contribution is 0.312. The minimum absolute atomic E-state index is 0.230. The van der Waals surface area contributed by atoms with Crippen molar-refractivity contribution in [3.63, 3.8) is 0 Å². The van der Waals surface area contributed by atoms with E-state index in [2.05, 4.69) is 44.9 Å². The highest BCUT2D eigenvalue weighted by Crippen LogP contribution is 2.23. The summed E-state index contributed by atoms with van der Waals surface area (Å²) in [5.41, 5.74) is 6.71. The molecule has 0 aromatic carbocycles. The second-order valence-electron chi connectivity index (χ2n) is 4.23. The van der Waals surface area contributed by atoms with Crippen molar-refractivity contribution in [2.75, 3.05) is 0 Å². The van der Waals surface area contributed by atoms with Crippen LogP contribution in [0.15, 0.2) is 27.3 Å². The standard InChI is InChI=1S/C12H15BrN4O/c1-3-7(2)10(14)12-16-11(17-18-12)9-5-4-8(13)6-15-9/h4-7,10H,3,14H2,1-2H3. The van der Waals surface area contributed by atoms with Gasteiger partial charge in [0.2, 0.25) is 11.7 Å². The zero-order valence-electron chi connectivity index (χ0n) is 10.3. The highest BCUT2D eigenvalue weighted by Gasteiger charge is 2.20. The van der Waals surface area contributed by atoms with E-state index in [1.165, 1.54) is 0 Å². The minimum atomic E-state index is -0.230. The Morgan fingerprint density at radius 2 is 2.22 bits per heavy atom. The molecule has 2 unspecified atom stereocenters. The van der Waals surface area contributed by atoms with Gasteiger partial charge in [0.25, 0.3) is 0 Å². The summed E-state index contributed by atoms with van der Waals surface area (Å²) in [6.45, 7) is 4.14. The van der Waals surface area contributed by atoms with Crippen LogP contribution in [0.2, 0.25) is 0 Å². The third-order valence-electron chi connectivity index (χ3n) is 2.94. The van der Waals surface area contributed by atoms with Crippen LogP contribution in [0.5, 0.6) is 0 Å². The smallest absolute Gasteiger partial charge is 0.244 e. The van der Waals surface area contributed by atoms with Crippen LogP contribution in [-0.2, 0) is 0 Å². The van der Waals surface area contributed by atoms with Gasteiger partial charge in [0.05, 0.1) is 6.04 Å². The molecule has 5 nitrogen and oxygen atoms in total. The van der Waals surface area contributed by atoms with Crippen LogP contribution >= 0.6 is 15.9 Å². The van der Waals surface area contributed by atoms with Gasteiger partial charge in [-0.05, 0) is 34.0 Å². The molecule has 0 radical (unpaired) electrons. The minimum Gasteiger partial charge on any atom is -0.337 e. The van der Waals surface area contributed by atoms with Gasteiger partial charge < -0.3 is 10.3 Å². The fraction of sp³-hybridized carbons (Fsp3) is 0.417. The molecule has 2 atom stereocenters. The van der Waals surface area contributed by atoms with Gasteiger partial charge in [-0.15, -0.1) is 0 Å². The van der Waals surface area contributed by atoms with E-state index in [4.69, 9.17) is 10.3 Å². The lowest BCUT2D eigenvalue weighted by atomic mass is 10.0. The summed E-state index contributed by atoms with van der Waals surface area (Å²) in [7, 11) is 0. The summed E-state index contributed by atoms with van der Waals surface area (Å²) < 4.78 is 6.10. The average molecular weight is 311 g/mol. The van der Waals surface area contributed by atoms with E-state index in [1.54, 1.807) is 6.20 Å². The van der Waals surface area contributed by atoms with Gasteiger partial charge in [0, 0.05) is 10.7 Å². The molecule has 0 spiro atoms. The fourth-order valence-electron chi connectivity index (χ4n) is 1.48. The van der Waals surface area contributed by atoms with E-state index < -0.39 is 0 Å². The summed E-state index contributed by atoms with van der Waals surface area (Å²) in [5, 5.41) is 3.91. The molecule has 96 valence electrons. The third-order valence-corrected chi connectivity index (χ3v) is 3.41. The Bertz CT molecular complexity index is 511. The van der Waals surface area contributed by atoms with Crippen molar-refractivity contribution in [1.82, 2.24) is 15.1 Å². The van der Waals surface area contributed by atoms with Crippen LogP contribution < -0.4 is 5.73 Å². The lowest BCUT2D eigenvalue weighted by Crippen LogP contribution is -2.18. The van der Waals surface area contributed by atoms with Gasteiger partial charge >= 0.3 is 0 Å². The number of nitrogens with zero attached hydrogens (tertiary/aromatic N) is 3. The molecule has 0 fully saturated rings. The van der Waals surface area contributed by atoms with E-state index in [-0.39, 0.29) is 6.04 Å². The predicted molar refractivity (Wildman–Crippen MR) is 71.6 cm³/mol. The van der Waals surface area contributed by atoms with Crippen LogP contribution in [0.25, 0.3) is 11.5 Å². The molecule has 0 aliphatic rings. The Morgan fingerprint density at radius 3 is 2.83 bits per heavy atom. The first-order chi connectivity index (χ1) is 8.61. The second-order valence-corrected chi connectivity index (χ2v) is 5.14. The zero-order valence-corrected chi connectivity index (χ0v) is 11.9. The number of aromatic nitrogens is 3. The first kappa shape index (κ1) is 13.2. The maximum atomic E-state index is 6.04. The number of hydrogen-bond acceptors (Lipinski definition) is 5. The summed E-state index contributed by atoms with van der Waals surface area (Å²) in [6, 6.07) is 3.48. The van der Waals surface area contributed by atoms with E-state index in [1.807, 2.05) is 12.1 Å². The maximum absolute atomic E-state index is 6.04. The molecule has 2 aromatic rings. The molecule has 2 N–H and O–H groups in total. The van der Waals surface area contributed by atoms with Crippen LogP contribution in [0.3, 0.4) is 0 Å². The van der Waals surface area contributed by atoms with Crippen molar-refractivity contribution in [2.45, 2.75) is 26.3 Å². The SMILES string of the molecule is CCC(C)C(N)c1nc(-c2ccc(Br)cn2)no1. The summed E-state index contributed by atoms with van der Waals surface area (Å²) in [4.78, 5) is 8.51. The molecule has 6 heteroatoms. The van der Waals surface area contributed by atoms with Gasteiger partial charge in [0.1, 0.15) is 5.69 Å². The predicted octanol–water partition coefficient (Wildman–Crippen LogP) is 2.94. The van der Waals surface area contributed by atoms with Crippen LogP contribution in [0, 0.1) is 5.92 Å². The molecular formula is C12H15BrN4O. The van der Waals surface area contributed by atoms with Gasteiger partial charge in [-0.25, -0.2) is 0 Å². The summed E-state index contributed by atoms with van der Waals surface area (Å²) >= 11 is 3.33. The van der Waals surface area contributed by atoms with Gasteiger partial charge in [-0.1, -0.05) is 25.4 Å². The third kappa shape index (κ3) is 2.76. The Hall–Kier alpha value is -1.27. The molecule has 2 rings (SSSR count). The van der Waals surface area contributed by atoms with Gasteiger partial charge in [0.15, 0.2) is 0 Å². The van der Waals surface area contributed by atoms with Crippen LogP contribution in [0.1, 0.15) is 32.2 Å². The molecule has 2 heterocycles. The molecule has 2 aromatic heterocycles. The van der Waals surface area contributed by atoms with E-state index in [0.29, 0.717) is 23.3 Å². The van der Waals surface area contributed by atoms with Crippen molar-refractivity contribution in [3.8, 4) is 11.5 Å². The molecule has 0 aliphatic heterocycles. The first-order valence-corrected chi connectivity index (χ1v) is 6.62. The van der Waals surface area contributed by atoms with Crippen LogP contribution in [0.4, 0.5) is 0 Å². The van der Waals surface area contributed by atoms with E-state index in [9.17, 15) is 0 Å². The van der Waals surface area contributed by atoms with E-state index in [0.717, 1.165) is 10.9 Å². The monoisotopic (exact) mass is 310 g/mol. The molecular weight excluding hydrogens is 296 g/mol. The zero-order chi connectivity index (χ0) is 13.1. The van der Waals surface area contributed by atoms with Gasteiger partial charge in [-0.2, -0.15) is 4.98 Å². The topological polar surface area (TPSA) is 77.8 Å². The van der Waals surface area contributed by atoms with Crippen molar-refractivity contribution < 1.29 is 4.52 Å². The maximum Gasteiger partial charge on any atom is 0.244 e. The molecule has 0 saturated carbocycles. The molecule has 0 saturated heterocycles. The number of hydrogen-bond donors (Lipinski definition) is 1. The highest BCUT2D eigenvalue weighted by molar-refractivity contribution is 9.10. The lowest BCUT2D eigenvalue weighted by Gasteiger charge is -2.12. The highest BCUT2D eigenvalue weighted by atomic mass is 79.9. The largest absolute Gasteiger partial charge is 0.337 e.